The number of benzene rings is 1. The molecular formula is C9H11N3O5. The van der Waals surface area contributed by atoms with Crippen LogP contribution in [0.25, 0.3) is 0 Å². The molecule has 0 saturated carbocycles. The fourth-order valence-electron chi connectivity index (χ4n) is 1.47. The van der Waals surface area contributed by atoms with Crippen LogP contribution in [0, 0.1) is 27.2 Å². The van der Waals surface area contributed by atoms with Gasteiger partial charge in [0.05, 0.1) is 22.0 Å². The van der Waals surface area contributed by atoms with Crippen molar-refractivity contribution in [1.82, 2.24) is 0 Å². The van der Waals surface area contributed by atoms with Gasteiger partial charge < -0.3 is 10.8 Å². The summed E-state index contributed by atoms with van der Waals surface area (Å²) in [6.45, 7) is 1.25. The monoisotopic (exact) mass is 241 g/mol. The summed E-state index contributed by atoms with van der Waals surface area (Å²) < 4.78 is 0. The van der Waals surface area contributed by atoms with Crippen LogP contribution in [0.1, 0.15) is 17.2 Å². The number of nitrogens with two attached hydrogens (primary N) is 1. The molecule has 0 aliphatic heterocycles. The molecule has 0 radical (unpaired) electrons. The first-order chi connectivity index (χ1) is 7.88. The summed E-state index contributed by atoms with van der Waals surface area (Å²) >= 11 is 0. The summed E-state index contributed by atoms with van der Waals surface area (Å²) in [6, 6.07) is 1.96. The SMILES string of the molecule is Cc1c([C@H](O)CN)cc([N+](=O)[O-])cc1[N+](=O)[O-]. The summed E-state index contributed by atoms with van der Waals surface area (Å²) in [5.41, 5.74) is 4.68. The average molecular weight is 241 g/mol. The van der Waals surface area contributed by atoms with Crippen molar-refractivity contribution in [3.8, 4) is 0 Å². The van der Waals surface area contributed by atoms with Crippen molar-refractivity contribution in [2.24, 2.45) is 5.73 Å². The van der Waals surface area contributed by atoms with Crippen molar-refractivity contribution in [3.63, 3.8) is 0 Å². The zero-order chi connectivity index (χ0) is 13.2. The van der Waals surface area contributed by atoms with Crippen LogP contribution >= 0.6 is 0 Å². The van der Waals surface area contributed by atoms with Gasteiger partial charge in [-0.3, -0.25) is 20.2 Å². The van der Waals surface area contributed by atoms with Gasteiger partial charge in [-0.25, -0.2) is 0 Å². The molecule has 0 unspecified atom stereocenters. The van der Waals surface area contributed by atoms with Crippen LogP contribution in [0.2, 0.25) is 0 Å². The third-order valence-corrected chi connectivity index (χ3v) is 2.39. The van der Waals surface area contributed by atoms with Gasteiger partial charge in [0.2, 0.25) is 0 Å². The van der Waals surface area contributed by atoms with E-state index in [9.17, 15) is 25.3 Å². The van der Waals surface area contributed by atoms with Crippen molar-refractivity contribution < 1.29 is 15.0 Å². The molecule has 8 nitrogen and oxygen atoms in total. The highest BCUT2D eigenvalue weighted by atomic mass is 16.6. The normalized spacial score (nSPS) is 12.2. The highest BCUT2D eigenvalue weighted by molar-refractivity contribution is 5.54. The first-order valence-corrected chi connectivity index (χ1v) is 4.70. The number of hydrogen-bond donors (Lipinski definition) is 2. The fraction of sp³-hybridized carbons (Fsp3) is 0.333. The first-order valence-electron chi connectivity index (χ1n) is 4.70. The Kier molecular flexibility index (Phi) is 3.71. The maximum atomic E-state index is 10.7. The first kappa shape index (κ1) is 13.0. The summed E-state index contributed by atoms with van der Waals surface area (Å²) in [4.78, 5) is 19.9. The zero-order valence-electron chi connectivity index (χ0n) is 8.99. The number of nitro benzene ring substituents is 2. The van der Waals surface area contributed by atoms with Crippen molar-refractivity contribution in [2.45, 2.75) is 13.0 Å². The molecule has 0 aromatic heterocycles. The van der Waals surface area contributed by atoms with Crippen LogP contribution in [0.3, 0.4) is 0 Å². The van der Waals surface area contributed by atoms with Gasteiger partial charge in [-0.05, 0) is 12.5 Å². The molecule has 0 heterocycles. The van der Waals surface area contributed by atoms with E-state index in [1.165, 1.54) is 6.92 Å². The third-order valence-electron chi connectivity index (χ3n) is 2.39. The molecule has 1 rings (SSSR count). The van der Waals surface area contributed by atoms with E-state index in [-0.39, 0.29) is 17.7 Å². The lowest BCUT2D eigenvalue weighted by molar-refractivity contribution is -0.394. The van der Waals surface area contributed by atoms with E-state index < -0.39 is 27.3 Å². The van der Waals surface area contributed by atoms with Gasteiger partial charge >= 0.3 is 0 Å². The van der Waals surface area contributed by atoms with Gasteiger partial charge in [0.15, 0.2) is 0 Å². The molecular weight excluding hydrogens is 230 g/mol. The molecule has 0 saturated heterocycles. The van der Waals surface area contributed by atoms with Gasteiger partial charge in [-0.15, -0.1) is 0 Å². The smallest absolute Gasteiger partial charge is 0.279 e. The Morgan fingerprint density at radius 2 is 1.94 bits per heavy atom. The van der Waals surface area contributed by atoms with Crippen molar-refractivity contribution in [2.75, 3.05) is 6.54 Å². The lowest BCUT2D eigenvalue weighted by atomic mass is 10.0. The molecule has 3 N–H and O–H groups in total. The Labute approximate surface area is 96.0 Å². The zero-order valence-corrected chi connectivity index (χ0v) is 8.99. The largest absolute Gasteiger partial charge is 0.387 e. The predicted octanol–water partition coefficient (Wildman–Crippen LogP) is 0.804. The van der Waals surface area contributed by atoms with E-state index in [0.29, 0.717) is 0 Å². The van der Waals surface area contributed by atoms with Gasteiger partial charge in [0.1, 0.15) is 0 Å². The van der Waals surface area contributed by atoms with Crippen LogP contribution < -0.4 is 5.73 Å². The molecule has 1 aromatic rings. The molecule has 8 heteroatoms. The number of non-ortho nitro benzene ring substituents is 1. The minimum absolute atomic E-state index is 0.105. The number of rotatable bonds is 4. The molecule has 17 heavy (non-hydrogen) atoms. The second-order valence-corrected chi connectivity index (χ2v) is 3.44. The van der Waals surface area contributed by atoms with Crippen LogP contribution in [0.4, 0.5) is 11.4 Å². The summed E-state index contributed by atoms with van der Waals surface area (Å²) in [6.07, 6.45) is -1.16. The van der Waals surface area contributed by atoms with Crippen LogP contribution in [-0.2, 0) is 0 Å². The minimum Gasteiger partial charge on any atom is -0.387 e. The van der Waals surface area contributed by atoms with Crippen LogP contribution in [-0.4, -0.2) is 21.5 Å². The molecule has 1 aromatic carbocycles. The molecule has 0 amide bonds. The Bertz CT molecular complexity index is 474. The molecule has 0 spiro atoms. The Morgan fingerprint density at radius 1 is 1.35 bits per heavy atom. The maximum absolute atomic E-state index is 10.7. The Balaban J connectivity index is 3.48. The molecule has 0 aliphatic rings. The van der Waals surface area contributed by atoms with Gasteiger partial charge in [-0.2, -0.15) is 0 Å². The Morgan fingerprint density at radius 3 is 2.35 bits per heavy atom. The highest BCUT2D eigenvalue weighted by Crippen LogP contribution is 2.31. The predicted molar refractivity (Wildman–Crippen MR) is 58.5 cm³/mol. The van der Waals surface area contributed by atoms with Crippen molar-refractivity contribution in [3.05, 3.63) is 43.5 Å². The van der Waals surface area contributed by atoms with E-state index in [1.54, 1.807) is 0 Å². The molecule has 1 atom stereocenters. The quantitative estimate of drug-likeness (QED) is 0.591. The number of aliphatic hydroxyl groups is 1. The molecule has 0 aliphatic carbocycles. The van der Waals surface area contributed by atoms with E-state index in [4.69, 9.17) is 5.73 Å². The summed E-state index contributed by atoms with van der Waals surface area (Å²) in [5.74, 6) is 0. The number of nitro groups is 2. The van der Waals surface area contributed by atoms with E-state index >= 15 is 0 Å². The average Bonchev–Trinajstić information content (AvgIpc) is 2.27. The standard InChI is InChI=1S/C9H11N3O5/c1-5-7(9(13)4-10)2-6(11(14)15)3-8(5)12(16)17/h2-3,9,13H,4,10H2,1H3/t9-/m1/s1. The summed E-state index contributed by atoms with van der Waals surface area (Å²) in [7, 11) is 0. The van der Waals surface area contributed by atoms with Crippen LogP contribution in [0.5, 0.6) is 0 Å². The second kappa shape index (κ2) is 4.85. The van der Waals surface area contributed by atoms with Crippen LogP contribution in [0.15, 0.2) is 12.1 Å². The third kappa shape index (κ3) is 2.55. The fourth-order valence-corrected chi connectivity index (χ4v) is 1.47. The Hall–Kier alpha value is -2.06. The van der Waals surface area contributed by atoms with E-state index in [1.807, 2.05) is 0 Å². The number of aliphatic hydroxyl groups excluding tert-OH is 1. The van der Waals surface area contributed by atoms with Crippen molar-refractivity contribution in [1.29, 1.82) is 0 Å². The molecule has 0 fully saturated rings. The van der Waals surface area contributed by atoms with Gasteiger partial charge in [0.25, 0.3) is 11.4 Å². The minimum atomic E-state index is -1.16. The van der Waals surface area contributed by atoms with Gasteiger partial charge in [0, 0.05) is 18.2 Å². The number of hydrogen-bond acceptors (Lipinski definition) is 6. The number of nitrogens with zero attached hydrogens (tertiary/aromatic N) is 2. The van der Waals surface area contributed by atoms with Crippen molar-refractivity contribution >= 4 is 11.4 Å². The van der Waals surface area contributed by atoms with E-state index in [2.05, 4.69) is 0 Å². The highest BCUT2D eigenvalue weighted by Gasteiger charge is 2.23. The van der Waals surface area contributed by atoms with E-state index in [0.717, 1.165) is 12.1 Å². The lowest BCUT2D eigenvalue weighted by Crippen LogP contribution is -2.13. The maximum Gasteiger partial charge on any atom is 0.279 e. The topological polar surface area (TPSA) is 133 Å². The molecule has 92 valence electrons. The summed E-state index contributed by atoms with van der Waals surface area (Å²) in [5, 5.41) is 30.9. The lowest BCUT2D eigenvalue weighted by Gasteiger charge is -2.11. The second-order valence-electron chi connectivity index (χ2n) is 3.44. The van der Waals surface area contributed by atoms with Gasteiger partial charge in [-0.1, -0.05) is 0 Å². The molecule has 0 bridgehead atoms.